The maximum atomic E-state index is 13.9. The van der Waals surface area contributed by atoms with E-state index in [-0.39, 0.29) is 22.3 Å². The molecule has 0 saturated carbocycles. The van der Waals surface area contributed by atoms with Crippen molar-refractivity contribution in [3.8, 4) is 6.07 Å². The molecular formula is C16H16FN3O3S. The minimum atomic E-state index is -3.92. The molecule has 0 saturated heterocycles. The Bertz CT molecular complexity index is 915. The van der Waals surface area contributed by atoms with Crippen LogP contribution in [-0.2, 0) is 27.6 Å². The molecule has 126 valence electrons. The summed E-state index contributed by atoms with van der Waals surface area (Å²) < 4.78 is 46.7. The topological polar surface area (TPSA) is 95.0 Å². The van der Waals surface area contributed by atoms with Gasteiger partial charge in [0.05, 0.1) is 23.4 Å². The number of ether oxygens (including phenoxy) is 1. The molecule has 0 fully saturated rings. The number of aromatic nitrogens is 1. The maximum absolute atomic E-state index is 13.9. The van der Waals surface area contributed by atoms with Crippen molar-refractivity contribution in [1.29, 1.82) is 5.26 Å². The number of hydrogen-bond acceptors (Lipinski definition) is 4. The Kier molecular flexibility index (Phi) is 4.30. The highest BCUT2D eigenvalue weighted by Gasteiger charge is 2.28. The van der Waals surface area contributed by atoms with E-state index in [9.17, 15) is 12.8 Å². The second-order valence-corrected chi connectivity index (χ2v) is 7.27. The summed E-state index contributed by atoms with van der Waals surface area (Å²) >= 11 is 0. The first kappa shape index (κ1) is 16.5. The van der Waals surface area contributed by atoms with Crippen molar-refractivity contribution < 1.29 is 17.5 Å². The third kappa shape index (κ3) is 3.00. The van der Waals surface area contributed by atoms with Crippen molar-refractivity contribution in [2.45, 2.75) is 30.3 Å². The van der Waals surface area contributed by atoms with Crippen LogP contribution in [0.4, 0.5) is 10.1 Å². The fourth-order valence-electron chi connectivity index (χ4n) is 2.87. The number of nitrogens with one attached hydrogen (secondary N) is 2. The van der Waals surface area contributed by atoms with Gasteiger partial charge in [-0.3, -0.25) is 4.72 Å². The first-order chi connectivity index (χ1) is 11.4. The van der Waals surface area contributed by atoms with Crippen LogP contribution in [0.5, 0.6) is 0 Å². The number of H-pyrrole nitrogens is 1. The molecule has 0 spiro atoms. The Morgan fingerprint density at radius 3 is 2.92 bits per heavy atom. The number of nitriles is 1. The van der Waals surface area contributed by atoms with Gasteiger partial charge in [-0.1, -0.05) is 0 Å². The molecule has 6 nitrogen and oxygen atoms in total. The standard InChI is InChI=1S/C16H16FN3O3S/c1-23-11-3-4-12-15(7-11)19-9-16(12)24(21,22)20-14-5-2-10(8-18)6-13(14)17/h2,5-6,9,11,19-20H,3-4,7H2,1H3. The molecule has 1 aromatic carbocycles. The molecule has 3 rings (SSSR count). The van der Waals surface area contributed by atoms with E-state index >= 15 is 0 Å². The number of hydrogen-bond donors (Lipinski definition) is 2. The number of anilines is 1. The zero-order chi connectivity index (χ0) is 17.3. The smallest absolute Gasteiger partial charge is 0.263 e. The van der Waals surface area contributed by atoms with Crippen LogP contribution >= 0.6 is 0 Å². The number of fused-ring (bicyclic) bond motifs is 1. The molecule has 0 radical (unpaired) electrons. The van der Waals surface area contributed by atoms with Gasteiger partial charge in [0, 0.05) is 25.4 Å². The maximum Gasteiger partial charge on any atom is 0.263 e. The van der Waals surface area contributed by atoms with Gasteiger partial charge >= 0.3 is 0 Å². The quantitative estimate of drug-likeness (QED) is 0.885. The third-order valence-corrected chi connectivity index (χ3v) is 5.58. The number of sulfonamides is 1. The monoisotopic (exact) mass is 349 g/mol. The van der Waals surface area contributed by atoms with Crippen molar-refractivity contribution in [2.75, 3.05) is 11.8 Å². The summed E-state index contributed by atoms with van der Waals surface area (Å²) in [6.07, 6.45) is 3.41. The predicted octanol–water partition coefficient (Wildman–Crippen LogP) is 2.33. The van der Waals surface area contributed by atoms with Crippen molar-refractivity contribution in [3.05, 3.63) is 47.0 Å². The third-order valence-electron chi connectivity index (χ3n) is 4.15. The highest BCUT2D eigenvalue weighted by Crippen LogP contribution is 2.30. The number of benzene rings is 1. The summed E-state index contributed by atoms with van der Waals surface area (Å²) in [5.74, 6) is -0.790. The molecule has 8 heteroatoms. The number of nitrogens with zero attached hydrogens (tertiary/aromatic N) is 1. The van der Waals surface area contributed by atoms with Crippen LogP contribution in [0.2, 0.25) is 0 Å². The van der Waals surface area contributed by atoms with Gasteiger partial charge in [0.25, 0.3) is 10.0 Å². The summed E-state index contributed by atoms with van der Waals surface area (Å²) in [5, 5.41) is 8.74. The van der Waals surface area contributed by atoms with E-state index in [0.29, 0.717) is 18.4 Å². The fourth-order valence-corrected chi connectivity index (χ4v) is 4.20. The van der Waals surface area contributed by atoms with Crippen molar-refractivity contribution >= 4 is 15.7 Å². The summed E-state index contributed by atoms with van der Waals surface area (Å²) in [7, 11) is -2.29. The highest BCUT2D eigenvalue weighted by atomic mass is 32.2. The van der Waals surface area contributed by atoms with Crippen LogP contribution < -0.4 is 4.72 Å². The molecular weight excluding hydrogens is 333 g/mol. The molecule has 2 aromatic rings. The van der Waals surface area contributed by atoms with Gasteiger partial charge in [-0.15, -0.1) is 0 Å². The molecule has 2 N–H and O–H groups in total. The molecule has 1 aromatic heterocycles. The van der Waals surface area contributed by atoms with Gasteiger partial charge < -0.3 is 9.72 Å². The molecule has 0 aliphatic heterocycles. The molecule has 1 aliphatic rings. The number of aromatic amines is 1. The summed E-state index contributed by atoms with van der Waals surface area (Å²) in [4.78, 5) is 3.10. The van der Waals surface area contributed by atoms with Crippen LogP contribution in [-0.4, -0.2) is 26.6 Å². The first-order valence-corrected chi connectivity index (χ1v) is 8.87. The lowest BCUT2D eigenvalue weighted by molar-refractivity contribution is 0.0901. The van der Waals surface area contributed by atoms with Gasteiger partial charge in [-0.25, -0.2) is 12.8 Å². The van der Waals surface area contributed by atoms with Crippen LogP contribution in [0, 0.1) is 17.1 Å². The lowest BCUT2D eigenvalue weighted by Gasteiger charge is -2.21. The Morgan fingerprint density at radius 2 is 2.25 bits per heavy atom. The van der Waals surface area contributed by atoms with Crippen LogP contribution in [0.3, 0.4) is 0 Å². The Labute approximate surface area is 139 Å². The predicted molar refractivity (Wildman–Crippen MR) is 85.5 cm³/mol. The Balaban J connectivity index is 1.90. The van der Waals surface area contributed by atoms with E-state index in [4.69, 9.17) is 10.00 Å². The average Bonchev–Trinajstić information content (AvgIpc) is 3.00. The largest absolute Gasteiger partial charge is 0.381 e. The number of rotatable bonds is 4. The lowest BCUT2D eigenvalue weighted by atomic mass is 9.95. The van der Waals surface area contributed by atoms with Crippen LogP contribution in [0.1, 0.15) is 23.2 Å². The second kappa shape index (κ2) is 6.26. The highest BCUT2D eigenvalue weighted by molar-refractivity contribution is 7.92. The van der Waals surface area contributed by atoms with Crippen LogP contribution in [0.15, 0.2) is 29.3 Å². The lowest BCUT2D eigenvalue weighted by Crippen LogP contribution is -2.22. The molecule has 1 aliphatic carbocycles. The molecule has 24 heavy (non-hydrogen) atoms. The summed E-state index contributed by atoms with van der Waals surface area (Å²) in [5.41, 5.74) is 1.48. The average molecular weight is 349 g/mol. The molecule has 1 heterocycles. The van der Waals surface area contributed by atoms with E-state index < -0.39 is 15.8 Å². The van der Waals surface area contributed by atoms with Gasteiger partial charge in [-0.05, 0) is 36.6 Å². The minimum absolute atomic E-state index is 0.0654. The Morgan fingerprint density at radius 1 is 1.46 bits per heavy atom. The van der Waals surface area contributed by atoms with E-state index in [2.05, 4.69) is 9.71 Å². The van der Waals surface area contributed by atoms with Gasteiger partial charge in [-0.2, -0.15) is 5.26 Å². The molecule has 1 atom stereocenters. The zero-order valence-electron chi connectivity index (χ0n) is 13.0. The van der Waals surface area contributed by atoms with E-state index in [1.165, 1.54) is 18.3 Å². The van der Waals surface area contributed by atoms with Gasteiger partial charge in [0.2, 0.25) is 0 Å². The van der Waals surface area contributed by atoms with Crippen LogP contribution in [0.25, 0.3) is 0 Å². The molecule has 0 bridgehead atoms. The second-order valence-electron chi connectivity index (χ2n) is 5.62. The van der Waals surface area contributed by atoms with E-state index in [0.717, 1.165) is 18.2 Å². The van der Waals surface area contributed by atoms with Gasteiger partial charge in [0.15, 0.2) is 0 Å². The number of methoxy groups -OCH3 is 1. The summed E-state index contributed by atoms with van der Waals surface area (Å²) in [6.45, 7) is 0. The molecule has 0 amide bonds. The van der Waals surface area contributed by atoms with Crippen molar-refractivity contribution in [3.63, 3.8) is 0 Å². The van der Waals surface area contributed by atoms with E-state index in [1.807, 2.05) is 0 Å². The summed E-state index contributed by atoms with van der Waals surface area (Å²) in [6, 6.07) is 5.39. The van der Waals surface area contributed by atoms with Gasteiger partial charge in [0.1, 0.15) is 10.7 Å². The zero-order valence-corrected chi connectivity index (χ0v) is 13.8. The normalized spacial score (nSPS) is 17.1. The van der Waals surface area contributed by atoms with Crippen molar-refractivity contribution in [1.82, 2.24) is 4.98 Å². The van der Waals surface area contributed by atoms with E-state index in [1.54, 1.807) is 13.2 Å². The minimum Gasteiger partial charge on any atom is -0.381 e. The van der Waals surface area contributed by atoms with Crippen molar-refractivity contribution in [2.24, 2.45) is 0 Å². The number of halogens is 1. The molecule has 1 unspecified atom stereocenters. The fraction of sp³-hybridized carbons (Fsp3) is 0.312. The first-order valence-electron chi connectivity index (χ1n) is 7.39. The SMILES string of the molecule is COC1CCc2c(S(=O)(=O)Nc3ccc(C#N)cc3F)c[nH]c2C1. The Hall–Kier alpha value is -2.37.